The van der Waals surface area contributed by atoms with Crippen LogP contribution in [0, 0.1) is 11.2 Å². The summed E-state index contributed by atoms with van der Waals surface area (Å²) in [6, 6.07) is 4.51. The first-order valence-electron chi connectivity index (χ1n) is 7.36. The normalized spacial score (nSPS) is 26.2. The van der Waals surface area contributed by atoms with Crippen LogP contribution in [0.5, 0.6) is 0 Å². The minimum Gasteiger partial charge on any atom is -0.386 e. The monoisotopic (exact) mass is 305 g/mol. The highest BCUT2D eigenvalue weighted by molar-refractivity contribution is 5.96. The summed E-state index contributed by atoms with van der Waals surface area (Å²) in [4.78, 5) is 16.5. The first-order chi connectivity index (χ1) is 10.3. The number of carbonyl (C=O) groups excluding carboxylic acids is 1. The molecule has 3 rings (SSSR count). The van der Waals surface area contributed by atoms with Gasteiger partial charge in [0.25, 0.3) is 0 Å². The van der Waals surface area contributed by atoms with E-state index < -0.39 is 5.54 Å². The Bertz CT molecular complexity index is 655. The van der Waals surface area contributed by atoms with Gasteiger partial charge in [-0.1, -0.05) is 6.92 Å². The molecular formula is C16H20FN3O2. The number of benzene rings is 1. The molecule has 118 valence electrons. The largest absolute Gasteiger partial charge is 0.386 e. The maximum absolute atomic E-state index is 14.2. The number of hydrogen-bond donors (Lipinski definition) is 2. The van der Waals surface area contributed by atoms with Crippen LogP contribution >= 0.6 is 0 Å². The van der Waals surface area contributed by atoms with Gasteiger partial charge in [-0.15, -0.1) is 0 Å². The highest BCUT2D eigenvalue weighted by Gasteiger charge is 2.45. The van der Waals surface area contributed by atoms with Gasteiger partial charge in [-0.3, -0.25) is 9.79 Å². The molecular weight excluding hydrogens is 285 g/mol. The molecule has 0 bridgehead atoms. The van der Waals surface area contributed by atoms with Crippen molar-refractivity contribution >= 4 is 17.4 Å². The van der Waals surface area contributed by atoms with Gasteiger partial charge in [0.1, 0.15) is 23.8 Å². The number of rotatable bonds is 3. The van der Waals surface area contributed by atoms with E-state index in [-0.39, 0.29) is 30.4 Å². The van der Waals surface area contributed by atoms with Crippen molar-refractivity contribution in [3.63, 3.8) is 0 Å². The molecule has 1 unspecified atom stereocenters. The third-order valence-corrected chi connectivity index (χ3v) is 4.38. The Morgan fingerprint density at radius 1 is 1.41 bits per heavy atom. The van der Waals surface area contributed by atoms with Gasteiger partial charge in [-0.25, -0.2) is 4.39 Å². The van der Waals surface area contributed by atoms with Crippen LogP contribution in [0.4, 0.5) is 10.1 Å². The molecule has 1 aromatic carbocycles. The molecule has 5 nitrogen and oxygen atoms in total. The molecule has 1 saturated carbocycles. The summed E-state index contributed by atoms with van der Waals surface area (Å²) in [6.07, 6.45) is 1.78. The lowest BCUT2D eigenvalue weighted by Gasteiger charge is -2.30. The summed E-state index contributed by atoms with van der Waals surface area (Å²) in [7, 11) is 0. The number of hydrogen-bond acceptors (Lipinski definition) is 4. The van der Waals surface area contributed by atoms with Crippen LogP contribution in [0.2, 0.25) is 0 Å². The number of amidine groups is 1. The van der Waals surface area contributed by atoms with Crippen LogP contribution in [0.3, 0.4) is 0 Å². The summed E-state index contributed by atoms with van der Waals surface area (Å²) in [5.74, 6) is -0.0774. The van der Waals surface area contributed by atoms with Crippen LogP contribution in [0.1, 0.15) is 32.3 Å². The maximum atomic E-state index is 14.2. The Balaban J connectivity index is 1.90. The van der Waals surface area contributed by atoms with E-state index in [0.29, 0.717) is 17.1 Å². The van der Waals surface area contributed by atoms with E-state index in [1.807, 2.05) is 6.92 Å². The summed E-state index contributed by atoms with van der Waals surface area (Å²) in [5, 5.41) is 2.85. The molecule has 6 heteroatoms. The van der Waals surface area contributed by atoms with E-state index in [0.717, 1.165) is 12.8 Å². The lowest BCUT2D eigenvalue weighted by Crippen LogP contribution is -2.38. The third-order valence-electron chi connectivity index (χ3n) is 4.38. The highest BCUT2D eigenvalue weighted by Crippen LogP contribution is 2.45. The van der Waals surface area contributed by atoms with Crippen molar-refractivity contribution in [1.29, 1.82) is 0 Å². The molecule has 0 spiro atoms. The van der Waals surface area contributed by atoms with Crippen molar-refractivity contribution in [2.24, 2.45) is 16.1 Å². The number of anilines is 1. The highest BCUT2D eigenvalue weighted by atomic mass is 19.1. The second-order valence-electron chi connectivity index (χ2n) is 6.58. The summed E-state index contributed by atoms with van der Waals surface area (Å²) >= 11 is 0. The molecule has 22 heavy (non-hydrogen) atoms. The van der Waals surface area contributed by atoms with Crippen molar-refractivity contribution in [3.05, 3.63) is 29.6 Å². The zero-order chi connectivity index (χ0) is 16.0. The average molecular weight is 305 g/mol. The van der Waals surface area contributed by atoms with Crippen molar-refractivity contribution in [2.45, 2.75) is 32.2 Å². The topological polar surface area (TPSA) is 76.7 Å². The second kappa shape index (κ2) is 5.05. The smallest absolute Gasteiger partial charge is 0.230 e. The number of ether oxygens (including phenoxy) is 1. The Morgan fingerprint density at radius 3 is 2.77 bits per heavy atom. The molecule has 0 aromatic heterocycles. The van der Waals surface area contributed by atoms with E-state index in [9.17, 15) is 9.18 Å². The number of nitrogens with one attached hydrogen (secondary N) is 1. The number of carbonyl (C=O) groups is 1. The van der Waals surface area contributed by atoms with E-state index in [2.05, 4.69) is 10.3 Å². The fraction of sp³-hybridized carbons (Fsp3) is 0.500. The van der Waals surface area contributed by atoms with Crippen LogP contribution in [0.25, 0.3) is 0 Å². The van der Waals surface area contributed by atoms with E-state index in [1.165, 1.54) is 6.07 Å². The zero-order valence-corrected chi connectivity index (χ0v) is 12.8. The lowest BCUT2D eigenvalue weighted by molar-refractivity contribution is -0.120. The van der Waals surface area contributed by atoms with Crippen molar-refractivity contribution in [2.75, 3.05) is 18.5 Å². The van der Waals surface area contributed by atoms with Crippen LogP contribution < -0.4 is 11.1 Å². The van der Waals surface area contributed by atoms with Gasteiger partial charge in [-0.2, -0.15) is 0 Å². The summed E-state index contributed by atoms with van der Waals surface area (Å²) in [5.41, 5.74) is 5.49. The molecule has 1 fully saturated rings. The summed E-state index contributed by atoms with van der Waals surface area (Å²) in [6.45, 7) is 4.20. The minimum absolute atomic E-state index is 0.0295. The lowest BCUT2D eigenvalue weighted by atomic mass is 9.91. The van der Waals surface area contributed by atoms with E-state index in [1.54, 1.807) is 19.1 Å². The van der Waals surface area contributed by atoms with E-state index in [4.69, 9.17) is 10.5 Å². The van der Waals surface area contributed by atoms with Gasteiger partial charge in [0.15, 0.2) is 0 Å². The number of amides is 1. The quantitative estimate of drug-likeness (QED) is 0.898. The van der Waals surface area contributed by atoms with Crippen molar-refractivity contribution in [3.8, 4) is 0 Å². The summed E-state index contributed by atoms with van der Waals surface area (Å²) < 4.78 is 19.6. The Morgan fingerprint density at radius 2 is 2.14 bits per heavy atom. The SMILES string of the molecule is CC1(C(=O)Nc2ccc(F)c(C3(C)COCC(N)=N3)c2)CC1. The Kier molecular flexibility index (Phi) is 3.44. The molecule has 1 aromatic rings. The second-order valence-corrected chi connectivity index (χ2v) is 6.58. The first-order valence-corrected chi connectivity index (χ1v) is 7.36. The number of aliphatic imine (C=N–C) groups is 1. The predicted molar refractivity (Wildman–Crippen MR) is 82.2 cm³/mol. The predicted octanol–water partition coefficient (Wildman–Crippen LogP) is 2.17. The minimum atomic E-state index is -0.878. The van der Waals surface area contributed by atoms with Crippen LogP contribution in [-0.4, -0.2) is 25.0 Å². The Hall–Kier alpha value is -1.95. The van der Waals surface area contributed by atoms with Gasteiger partial charge in [0.2, 0.25) is 5.91 Å². The van der Waals surface area contributed by atoms with Crippen LogP contribution in [-0.2, 0) is 15.1 Å². The third kappa shape index (κ3) is 2.70. The van der Waals surface area contributed by atoms with Gasteiger partial charge in [0.05, 0.1) is 6.61 Å². The standard InChI is InChI=1S/C16H20FN3O2/c1-15(5-6-15)14(21)19-10-3-4-12(17)11(7-10)16(2)9-22-8-13(18)20-16/h3-4,7H,5-6,8-9H2,1-2H3,(H2,18,20)(H,19,21). The van der Waals surface area contributed by atoms with E-state index >= 15 is 0 Å². The molecule has 1 atom stereocenters. The molecule has 1 aliphatic heterocycles. The molecule has 0 radical (unpaired) electrons. The maximum Gasteiger partial charge on any atom is 0.230 e. The van der Waals surface area contributed by atoms with Gasteiger partial charge >= 0.3 is 0 Å². The van der Waals surface area contributed by atoms with Gasteiger partial charge < -0.3 is 15.8 Å². The fourth-order valence-electron chi connectivity index (χ4n) is 2.59. The molecule has 2 aliphatic rings. The molecule has 1 amide bonds. The number of nitrogens with two attached hydrogens (primary N) is 1. The molecule has 1 heterocycles. The molecule has 1 aliphatic carbocycles. The van der Waals surface area contributed by atoms with Crippen LogP contribution in [0.15, 0.2) is 23.2 Å². The molecule has 0 saturated heterocycles. The average Bonchev–Trinajstić information content (AvgIpc) is 3.20. The number of nitrogens with zero attached hydrogens (tertiary/aromatic N) is 1. The van der Waals surface area contributed by atoms with Crippen molar-refractivity contribution in [1.82, 2.24) is 0 Å². The van der Waals surface area contributed by atoms with Gasteiger partial charge in [-0.05, 0) is 38.0 Å². The molecule has 3 N–H and O–H groups in total. The number of halogens is 1. The van der Waals surface area contributed by atoms with Gasteiger partial charge in [0, 0.05) is 16.7 Å². The Labute approximate surface area is 128 Å². The van der Waals surface area contributed by atoms with Crippen molar-refractivity contribution < 1.29 is 13.9 Å². The fourth-order valence-corrected chi connectivity index (χ4v) is 2.59. The first kappa shape index (κ1) is 15.0. The zero-order valence-electron chi connectivity index (χ0n) is 12.8.